The van der Waals surface area contributed by atoms with E-state index in [2.05, 4.69) is 5.43 Å². The summed E-state index contributed by atoms with van der Waals surface area (Å²) in [7, 11) is 0. The molecule has 2 aromatic carbocycles. The highest BCUT2D eigenvalue weighted by Gasteiger charge is 2.34. The molecule has 12 heteroatoms. The van der Waals surface area contributed by atoms with Crippen LogP contribution in [0.1, 0.15) is 22.8 Å². The molecule has 0 saturated carbocycles. The maximum atomic E-state index is 12.7. The highest BCUT2D eigenvalue weighted by molar-refractivity contribution is 8.26. The van der Waals surface area contributed by atoms with E-state index in [9.17, 15) is 24.5 Å². The second-order valence-corrected chi connectivity index (χ2v) is 8.08. The lowest BCUT2D eigenvalue weighted by Gasteiger charge is -2.15. The molecule has 10 nitrogen and oxygen atoms in total. The number of nitrogens with zero attached hydrogens (tertiary/aromatic N) is 2. The van der Waals surface area contributed by atoms with Crippen LogP contribution in [0.4, 0.5) is 5.69 Å². The predicted octanol–water partition coefficient (Wildman–Crippen LogP) is 2.99. The summed E-state index contributed by atoms with van der Waals surface area (Å²) in [6.45, 7) is 1.40. The van der Waals surface area contributed by atoms with E-state index in [1.165, 1.54) is 31.2 Å². The monoisotopic (exact) mass is 473 g/mol. The topological polar surface area (TPSA) is 139 Å². The van der Waals surface area contributed by atoms with E-state index in [0.29, 0.717) is 11.3 Å². The number of carboxylic acids is 1. The molecule has 0 spiro atoms. The van der Waals surface area contributed by atoms with Gasteiger partial charge in [-0.2, -0.15) is 5.01 Å². The normalized spacial score (nSPS) is 15.5. The predicted molar refractivity (Wildman–Crippen MR) is 120 cm³/mol. The first-order chi connectivity index (χ1) is 15.2. The van der Waals surface area contributed by atoms with Crippen molar-refractivity contribution in [2.75, 3.05) is 0 Å². The standard InChI is InChI=1S/C20H15N3O7S2/c1-11(19(26)27)30-13-8-6-12(7-9-13)10-16-18(25)22(20(31)32-16)21-17(24)14-4-2-3-5-15(14)23(28)29/h2-11H,1H3,(H,21,24)(H,26,27)/b16-10+. The van der Waals surface area contributed by atoms with Gasteiger partial charge in [0.25, 0.3) is 17.5 Å². The molecule has 0 radical (unpaired) electrons. The summed E-state index contributed by atoms with van der Waals surface area (Å²) in [4.78, 5) is 46.7. The largest absolute Gasteiger partial charge is 0.479 e. The molecular formula is C20H15N3O7S2. The van der Waals surface area contributed by atoms with E-state index in [1.807, 2.05) is 0 Å². The molecule has 1 saturated heterocycles. The van der Waals surface area contributed by atoms with Crippen molar-refractivity contribution in [1.82, 2.24) is 10.4 Å². The molecule has 1 aliphatic rings. The van der Waals surface area contributed by atoms with Gasteiger partial charge in [-0.1, -0.05) is 36.0 Å². The quantitative estimate of drug-likeness (QED) is 0.269. The fourth-order valence-corrected chi connectivity index (χ4v) is 3.78. The molecule has 2 aromatic rings. The Morgan fingerprint density at radius 2 is 1.91 bits per heavy atom. The van der Waals surface area contributed by atoms with E-state index >= 15 is 0 Å². The maximum Gasteiger partial charge on any atom is 0.344 e. The average molecular weight is 473 g/mol. The van der Waals surface area contributed by atoms with Crippen molar-refractivity contribution in [3.8, 4) is 5.75 Å². The van der Waals surface area contributed by atoms with Crippen LogP contribution >= 0.6 is 24.0 Å². The van der Waals surface area contributed by atoms with Gasteiger partial charge >= 0.3 is 5.97 Å². The van der Waals surface area contributed by atoms with Gasteiger partial charge in [0.15, 0.2) is 10.4 Å². The third-order valence-electron chi connectivity index (χ3n) is 4.19. The van der Waals surface area contributed by atoms with Crippen LogP contribution in [0, 0.1) is 10.1 Å². The van der Waals surface area contributed by atoms with E-state index in [0.717, 1.165) is 16.8 Å². The van der Waals surface area contributed by atoms with Crippen molar-refractivity contribution in [2.24, 2.45) is 0 Å². The lowest BCUT2D eigenvalue weighted by atomic mass is 10.2. The molecule has 2 amide bonds. The average Bonchev–Trinajstić information content (AvgIpc) is 3.02. The van der Waals surface area contributed by atoms with Crippen LogP contribution in [-0.4, -0.2) is 43.2 Å². The third kappa shape index (κ3) is 5.10. The molecule has 32 heavy (non-hydrogen) atoms. The van der Waals surface area contributed by atoms with Gasteiger partial charge in [-0.05, 0) is 49.0 Å². The number of carbonyl (C=O) groups is 3. The van der Waals surface area contributed by atoms with Crippen molar-refractivity contribution < 1.29 is 29.2 Å². The Balaban J connectivity index is 1.73. The summed E-state index contributed by atoms with van der Waals surface area (Å²) in [6, 6.07) is 11.7. The van der Waals surface area contributed by atoms with Crippen LogP contribution in [0.2, 0.25) is 0 Å². The molecule has 1 atom stereocenters. The fraction of sp³-hybridized carbons (Fsp3) is 0.100. The first kappa shape index (κ1) is 22.9. The van der Waals surface area contributed by atoms with Gasteiger partial charge in [-0.25, -0.2) is 4.79 Å². The van der Waals surface area contributed by atoms with Crippen molar-refractivity contribution in [1.29, 1.82) is 0 Å². The molecule has 164 valence electrons. The number of benzene rings is 2. The highest BCUT2D eigenvalue weighted by atomic mass is 32.2. The lowest BCUT2D eigenvalue weighted by molar-refractivity contribution is -0.385. The Morgan fingerprint density at radius 1 is 1.25 bits per heavy atom. The number of nitrogens with one attached hydrogen (secondary N) is 1. The van der Waals surface area contributed by atoms with Crippen molar-refractivity contribution in [2.45, 2.75) is 13.0 Å². The number of thiocarbonyl (C=S) groups is 1. The van der Waals surface area contributed by atoms with Crippen LogP contribution in [0.3, 0.4) is 0 Å². The Kier molecular flexibility index (Phi) is 6.85. The van der Waals surface area contributed by atoms with Gasteiger partial charge in [-0.15, -0.1) is 0 Å². The number of ether oxygens (including phenoxy) is 1. The third-order valence-corrected chi connectivity index (χ3v) is 5.49. The van der Waals surface area contributed by atoms with E-state index in [-0.39, 0.29) is 14.8 Å². The van der Waals surface area contributed by atoms with Crippen molar-refractivity contribution >= 4 is 57.8 Å². The SMILES string of the molecule is CC(Oc1ccc(/C=C2/SC(=S)N(NC(=O)c3ccccc3[N+](=O)[O-])C2=O)cc1)C(=O)O. The highest BCUT2D eigenvalue weighted by Crippen LogP contribution is 2.32. The van der Waals surface area contributed by atoms with Gasteiger partial charge in [0, 0.05) is 6.07 Å². The Hall–Kier alpha value is -3.77. The van der Waals surface area contributed by atoms with Crippen molar-refractivity contribution in [3.63, 3.8) is 0 Å². The number of carbonyl (C=O) groups excluding carboxylic acids is 2. The zero-order valence-corrected chi connectivity index (χ0v) is 18.0. The maximum absolute atomic E-state index is 12.7. The van der Waals surface area contributed by atoms with Crippen LogP contribution < -0.4 is 10.2 Å². The summed E-state index contributed by atoms with van der Waals surface area (Å²) in [5, 5.41) is 20.9. The minimum Gasteiger partial charge on any atom is -0.479 e. The number of hydrogen-bond acceptors (Lipinski definition) is 8. The Morgan fingerprint density at radius 3 is 2.53 bits per heavy atom. The molecular weight excluding hydrogens is 458 g/mol. The molecule has 0 aliphatic carbocycles. The van der Waals surface area contributed by atoms with Gasteiger partial charge in [-0.3, -0.25) is 25.1 Å². The number of hydrogen-bond donors (Lipinski definition) is 2. The van der Waals surface area contributed by atoms with Crippen molar-refractivity contribution in [3.05, 3.63) is 74.7 Å². The van der Waals surface area contributed by atoms with Gasteiger partial charge < -0.3 is 9.84 Å². The van der Waals surface area contributed by atoms with Gasteiger partial charge in [0.1, 0.15) is 11.3 Å². The Bertz CT molecular complexity index is 1150. The number of rotatable bonds is 7. The summed E-state index contributed by atoms with van der Waals surface area (Å²) in [5.41, 5.74) is 2.32. The number of nitro benzene ring substituents is 1. The summed E-state index contributed by atoms with van der Waals surface area (Å²) in [6.07, 6.45) is 0.530. The van der Waals surface area contributed by atoms with E-state index in [1.54, 1.807) is 30.3 Å². The minimum atomic E-state index is -1.10. The summed E-state index contributed by atoms with van der Waals surface area (Å²) >= 11 is 6.11. The first-order valence-electron chi connectivity index (χ1n) is 8.99. The second kappa shape index (κ2) is 9.58. The number of nitro groups is 1. The van der Waals surface area contributed by atoms with Crippen LogP contribution in [0.5, 0.6) is 5.75 Å². The van der Waals surface area contributed by atoms with E-state index < -0.39 is 34.5 Å². The molecule has 1 heterocycles. The zero-order valence-electron chi connectivity index (χ0n) is 16.4. The zero-order chi connectivity index (χ0) is 23.4. The van der Waals surface area contributed by atoms with E-state index in [4.69, 9.17) is 22.1 Å². The number of aliphatic carboxylic acids is 1. The molecule has 1 unspecified atom stereocenters. The molecule has 2 N–H and O–H groups in total. The first-order valence-corrected chi connectivity index (χ1v) is 10.2. The smallest absolute Gasteiger partial charge is 0.344 e. The van der Waals surface area contributed by atoms with Gasteiger partial charge in [0.05, 0.1) is 9.83 Å². The van der Waals surface area contributed by atoms with Gasteiger partial charge in [0.2, 0.25) is 0 Å². The number of para-hydroxylation sites is 1. The number of hydrazine groups is 1. The molecule has 1 aliphatic heterocycles. The summed E-state index contributed by atoms with van der Waals surface area (Å²) < 4.78 is 5.31. The molecule has 0 bridgehead atoms. The minimum absolute atomic E-state index is 0.0587. The number of amides is 2. The second-order valence-electron chi connectivity index (χ2n) is 6.40. The van der Waals surface area contributed by atoms with Crippen LogP contribution in [0.25, 0.3) is 6.08 Å². The number of carboxylic acid groups (broad SMARTS) is 1. The van der Waals surface area contributed by atoms with Crippen LogP contribution in [0.15, 0.2) is 53.4 Å². The molecule has 0 aromatic heterocycles. The molecule has 1 fully saturated rings. The Labute approximate surface area is 191 Å². The van der Waals surface area contributed by atoms with Crippen LogP contribution in [-0.2, 0) is 9.59 Å². The molecule has 3 rings (SSSR count). The summed E-state index contributed by atoms with van der Waals surface area (Å²) in [5.74, 6) is -2.18. The number of thioether (sulfide) groups is 1. The fourth-order valence-electron chi connectivity index (χ4n) is 2.60. The lowest BCUT2D eigenvalue weighted by Crippen LogP contribution is -2.45.